The van der Waals surface area contributed by atoms with Crippen LogP contribution >= 0.6 is 0 Å². The van der Waals surface area contributed by atoms with Gasteiger partial charge >= 0.3 is 6.18 Å². The first kappa shape index (κ1) is 15.9. The molecule has 0 fully saturated rings. The minimum absolute atomic E-state index is 0.116. The van der Waals surface area contributed by atoms with E-state index in [1.165, 1.54) is 32.4 Å². The van der Waals surface area contributed by atoms with Gasteiger partial charge in [0, 0.05) is 0 Å². The van der Waals surface area contributed by atoms with Gasteiger partial charge in [-0.25, -0.2) is 0 Å². The molecular weight excluding hydrogens is 293 g/mol. The summed E-state index contributed by atoms with van der Waals surface area (Å²) in [7, 11) is 2.91. The topological polar surface area (TPSA) is 18.5 Å². The van der Waals surface area contributed by atoms with Crippen molar-refractivity contribution in [2.45, 2.75) is 6.18 Å². The maximum absolute atomic E-state index is 13.3. The average molecular weight is 308 g/mol. The molecule has 0 N–H and O–H groups in total. The van der Waals surface area contributed by atoms with Crippen LogP contribution in [0, 0.1) is 0 Å². The molecule has 0 aliphatic carbocycles. The van der Waals surface area contributed by atoms with Gasteiger partial charge in [-0.05, 0) is 29.3 Å². The molecule has 0 aliphatic rings. The van der Waals surface area contributed by atoms with Crippen LogP contribution in [0.4, 0.5) is 13.2 Å². The first-order valence-electron chi connectivity index (χ1n) is 6.52. The van der Waals surface area contributed by atoms with Crippen LogP contribution in [-0.2, 0) is 0 Å². The minimum atomic E-state index is -4.45. The molecule has 0 saturated carbocycles. The zero-order chi connectivity index (χ0) is 16.2. The lowest BCUT2D eigenvalue weighted by atomic mass is 10.0. The molecule has 116 valence electrons. The Hall–Kier alpha value is -2.43. The highest BCUT2D eigenvalue weighted by atomic mass is 19.4. The maximum atomic E-state index is 13.3. The van der Waals surface area contributed by atoms with E-state index in [0.29, 0.717) is 17.1 Å². The average Bonchev–Trinajstić information content (AvgIpc) is 2.52. The second kappa shape index (κ2) is 6.56. The zero-order valence-electron chi connectivity index (χ0n) is 12.1. The molecular formula is C17H15F3O2. The van der Waals surface area contributed by atoms with E-state index in [4.69, 9.17) is 9.47 Å². The normalized spacial score (nSPS) is 12.1. The molecule has 0 bridgehead atoms. The molecule has 0 amide bonds. The van der Waals surface area contributed by atoms with Crippen LogP contribution in [0.2, 0.25) is 0 Å². The van der Waals surface area contributed by atoms with Crippen molar-refractivity contribution in [1.82, 2.24) is 0 Å². The van der Waals surface area contributed by atoms with Gasteiger partial charge in [0.25, 0.3) is 0 Å². The molecule has 0 atom stereocenters. The Labute approximate surface area is 126 Å². The summed E-state index contributed by atoms with van der Waals surface area (Å²) >= 11 is 0. The number of alkyl halides is 3. The number of hydrogen-bond acceptors (Lipinski definition) is 2. The molecule has 5 heteroatoms. The molecule has 0 aromatic heterocycles. The van der Waals surface area contributed by atoms with Crippen molar-refractivity contribution in [3.63, 3.8) is 0 Å². The summed E-state index contributed by atoms with van der Waals surface area (Å²) in [6, 6.07) is 12.3. The summed E-state index contributed by atoms with van der Waals surface area (Å²) in [5, 5.41) is 0. The Kier molecular flexibility index (Phi) is 4.75. The quantitative estimate of drug-likeness (QED) is 0.755. The summed E-state index contributed by atoms with van der Waals surface area (Å²) < 4.78 is 50.1. The van der Waals surface area contributed by atoms with Crippen LogP contribution in [0.25, 0.3) is 11.6 Å². The zero-order valence-corrected chi connectivity index (χ0v) is 12.1. The summed E-state index contributed by atoms with van der Waals surface area (Å²) in [6.07, 6.45) is -3.36. The first-order valence-corrected chi connectivity index (χ1v) is 6.52. The second-order valence-corrected chi connectivity index (χ2v) is 4.54. The lowest BCUT2D eigenvalue weighted by molar-refractivity contribution is -0.0683. The van der Waals surface area contributed by atoms with Crippen molar-refractivity contribution in [3.05, 3.63) is 59.7 Å². The number of allylic oxidation sites excluding steroid dienone is 1. The number of benzene rings is 2. The molecule has 0 unspecified atom stereocenters. The van der Waals surface area contributed by atoms with Gasteiger partial charge in [-0.15, -0.1) is 0 Å². The Morgan fingerprint density at radius 1 is 0.909 bits per heavy atom. The minimum Gasteiger partial charge on any atom is -0.493 e. The molecule has 2 nitrogen and oxygen atoms in total. The molecule has 2 rings (SSSR count). The molecule has 0 heterocycles. The third-order valence-corrected chi connectivity index (χ3v) is 3.11. The predicted octanol–water partition coefficient (Wildman–Crippen LogP) is 4.81. The van der Waals surface area contributed by atoms with Crippen molar-refractivity contribution in [2.75, 3.05) is 14.2 Å². The summed E-state index contributed by atoms with van der Waals surface area (Å²) in [4.78, 5) is 0. The molecule has 2 aromatic rings. The van der Waals surface area contributed by atoms with Crippen LogP contribution in [-0.4, -0.2) is 20.4 Å². The summed E-state index contributed by atoms with van der Waals surface area (Å²) in [5.41, 5.74) is -0.209. The number of halogens is 3. The molecule has 0 radical (unpaired) electrons. The molecule has 2 aromatic carbocycles. The highest BCUT2D eigenvalue weighted by molar-refractivity contribution is 5.84. The van der Waals surface area contributed by atoms with Crippen molar-refractivity contribution in [2.24, 2.45) is 0 Å². The molecule has 22 heavy (non-hydrogen) atoms. The van der Waals surface area contributed by atoms with E-state index in [2.05, 4.69) is 0 Å². The van der Waals surface area contributed by atoms with Gasteiger partial charge in [-0.2, -0.15) is 13.2 Å². The highest BCUT2D eigenvalue weighted by Crippen LogP contribution is 2.36. The van der Waals surface area contributed by atoms with E-state index < -0.39 is 11.7 Å². The van der Waals surface area contributed by atoms with Crippen molar-refractivity contribution in [1.29, 1.82) is 0 Å². The van der Waals surface area contributed by atoms with Crippen LogP contribution in [0.5, 0.6) is 11.5 Å². The smallest absolute Gasteiger partial charge is 0.417 e. The van der Waals surface area contributed by atoms with Gasteiger partial charge in [0.2, 0.25) is 0 Å². The number of methoxy groups -OCH3 is 2. The lowest BCUT2D eigenvalue weighted by Crippen LogP contribution is -2.10. The van der Waals surface area contributed by atoms with Crippen LogP contribution in [0.1, 0.15) is 11.1 Å². The lowest BCUT2D eigenvalue weighted by Gasteiger charge is -2.13. The molecule has 0 spiro atoms. The summed E-state index contributed by atoms with van der Waals surface area (Å²) in [5.74, 6) is 0.846. The van der Waals surface area contributed by atoms with E-state index in [1.54, 1.807) is 30.3 Å². The fraction of sp³-hybridized carbons (Fsp3) is 0.176. The van der Waals surface area contributed by atoms with Crippen molar-refractivity contribution in [3.8, 4) is 11.5 Å². The maximum Gasteiger partial charge on any atom is 0.417 e. The number of rotatable bonds is 4. The molecule has 0 aliphatic heterocycles. The monoisotopic (exact) mass is 308 g/mol. The fourth-order valence-corrected chi connectivity index (χ4v) is 2.06. The van der Waals surface area contributed by atoms with Crippen LogP contribution < -0.4 is 9.47 Å². The van der Waals surface area contributed by atoms with E-state index in [9.17, 15) is 13.2 Å². The Morgan fingerprint density at radius 3 is 2.09 bits per heavy atom. The van der Waals surface area contributed by atoms with Gasteiger partial charge in [0.15, 0.2) is 11.5 Å². The van der Waals surface area contributed by atoms with Gasteiger partial charge in [0.1, 0.15) is 0 Å². The Bertz CT molecular complexity index is 661. The van der Waals surface area contributed by atoms with Crippen LogP contribution in [0.15, 0.2) is 48.5 Å². The highest BCUT2D eigenvalue weighted by Gasteiger charge is 2.34. The molecule has 0 saturated heterocycles. The Morgan fingerprint density at radius 2 is 1.55 bits per heavy atom. The van der Waals surface area contributed by atoms with Gasteiger partial charge < -0.3 is 9.47 Å². The number of ether oxygens (including phenoxy) is 2. The predicted molar refractivity (Wildman–Crippen MR) is 79.9 cm³/mol. The fourth-order valence-electron chi connectivity index (χ4n) is 2.06. The van der Waals surface area contributed by atoms with Gasteiger partial charge in [-0.1, -0.05) is 36.4 Å². The summed E-state index contributed by atoms with van der Waals surface area (Å²) in [6.45, 7) is 0. The second-order valence-electron chi connectivity index (χ2n) is 4.54. The largest absolute Gasteiger partial charge is 0.493 e. The third-order valence-electron chi connectivity index (χ3n) is 3.11. The van der Waals surface area contributed by atoms with Crippen molar-refractivity contribution >= 4 is 11.6 Å². The van der Waals surface area contributed by atoms with E-state index in [-0.39, 0.29) is 5.56 Å². The SMILES string of the molecule is COc1ccc(/C=C(\c2ccccc2)C(F)(F)F)cc1OC. The van der Waals surface area contributed by atoms with Gasteiger partial charge in [0.05, 0.1) is 19.8 Å². The van der Waals surface area contributed by atoms with Crippen molar-refractivity contribution < 1.29 is 22.6 Å². The van der Waals surface area contributed by atoms with Crippen LogP contribution in [0.3, 0.4) is 0 Å². The van der Waals surface area contributed by atoms with E-state index >= 15 is 0 Å². The standard InChI is InChI=1S/C17H15F3O2/c1-21-15-9-8-12(11-16(15)22-2)10-14(17(18,19)20)13-6-4-3-5-7-13/h3-11H,1-2H3/b14-10+. The first-order chi connectivity index (χ1) is 10.5. The van der Waals surface area contributed by atoms with Gasteiger partial charge in [-0.3, -0.25) is 0 Å². The Balaban J connectivity index is 2.51. The van der Waals surface area contributed by atoms with E-state index in [0.717, 1.165) is 6.08 Å². The number of hydrogen-bond donors (Lipinski definition) is 0. The third kappa shape index (κ3) is 3.61. The van der Waals surface area contributed by atoms with E-state index in [1.807, 2.05) is 0 Å².